The summed E-state index contributed by atoms with van der Waals surface area (Å²) in [6.07, 6.45) is 3.16. The molecule has 0 amide bonds. The molecule has 162 valence electrons. The van der Waals surface area contributed by atoms with Gasteiger partial charge in [-0.25, -0.2) is 14.4 Å². The first-order valence-electron chi connectivity index (χ1n) is 8.89. The third-order valence-corrected chi connectivity index (χ3v) is 3.14. The summed E-state index contributed by atoms with van der Waals surface area (Å²) in [5, 5.41) is 0. The second-order valence-electron chi connectivity index (χ2n) is 5.30. The fourth-order valence-electron chi connectivity index (χ4n) is 1.88. The first-order valence-corrected chi connectivity index (χ1v) is 8.89. The van der Waals surface area contributed by atoms with Crippen LogP contribution in [0.1, 0.15) is 0 Å². The van der Waals surface area contributed by atoms with Gasteiger partial charge in [0.05, 0.1) is 0 Å². The van der Waals surface area contributed by atoms with Crippen LogP contribution in [-0.2, 0) is 28.6 Å². The Kier molecular flexibility index (Phi) is 11.6. The van der Waals surface area contributed by atoms with Crippen LogP contribution in [0.5, 0.6) is 17.2 Å². The Labute approximate surface area is 174 Å². The van der Waals surface area contributed by atoms with E-state index in [1.807, 2.05) is 0 Å². The van der Waals surface area contributed by atoms with E-state index in [0.717, 1.165) is 18.2 Å². The number of carbonyl (C=O) groups is 3. The molecule has 0 spiro atoms. The van der Waals surface area contributed by atoms with Gasteiger partial charge in [-0.15, -0.1) is 0 Å². The van der Waals surface area contributed by atoms with E-state index in [9.17, 15) is 14.4 Å². The Balaban J connectivity index is 2.65. The normalized spacial score (nSPS) is 9.60. The van der Waals surface area contributed by atoms with Crippen LogP contribution in [-0.4, -0.2) is 57.5 Å². The van der Waals surface area contributed by atoms with Gasteiger partial charge in [-0.2, -0.15) is 0 Å². The average molecular weight is 420 g/mol. The highest BCUT2D eigenvalue weighted by atomic mass is 16.6. The zero-order valence-corrected chi connectivity index (χ0v) is 16.5. The molecular weight excluding hydrogens is 396 g/mol. The number of hydrogen-bond acceptors (Lipinski definition) is 9. The summed E-state index contributed by atoms with van der Waals surface area (Å²) in [6.45, 7) is 10.3. The molecule has 0 N–H and O–H groups in total. The maximum Gasteiger partial charge on any atom is 0.330 e. The van der Waals surface area contributed by atoms with Crippen molar-refractivity contribution in [2.45, 2.75) is 0 Å². The minimum absolute atomic E-state index is 0.0289. The van der Waals surface area contributed by atoms with E-state index < -0.39 is 17.9 Å². The van der Waals surface area contributed by atoms with Crippen molar-refractivity contribution >= 4 is 17.9 Å². The standard InChI is InChI=1S/C21H24O9/c1-4-19(22)28-10-7-25-16-13-17(26-8-11-29-20(23)5-2)15-18(14-16)27-9-12-30-21(24)6-3/h4-6,13-15H,1-3,7-12H2. The molecule has 1 aromatic carbocycles. The van der Waals surface area contributed by atoms with Crippen molar-refractivity contribution in [1.82, 2.24) is 0 Å². The van der Waals surface area contributed by atoms with Crippen LogP contribution in [0.2, 0.25) is 0 Å². The molecule has 1 rings (SSSR count). The first kappa shape index (κ1) is 24.3. The predicted octanol–water partition coefficient (Wildman–Crippen LogP) is 2.01. The van der Waals surface area contributed by atoms with E-state index in [4.69, 9.17) is 28.4 Å². The molecule has 0 unspecified atom stereocenters. The minimum atomic E-state index is -0.553. The van der Waals surface area contributed by atoms with E-state index in [1.165, 1.54) is 0 Å². The number of ether oxygens (including phenoxy) is 6. The third-order valence-electron chi connectivity index (χ3n) is 3.14. The highest BCUT2D eigenvalue weighted by molar-refractivity contribution is 5.81. The van der Waals surface area contributed by atoms with Crippen LogP contribution in [0.15, 0.2) is 56.2 Å². The molecule has 0 saturated heterocycles. The molecule has 0 bridgehead atoms. The fourth-order valence-corrected chi connectivity index (χ4v) is 1.88. The zero-order chi connectivity index (χ0) is 22.2. The predicted molar refractivity (Wildman–Crippen MR) is 106 cm³/mol. The smallest absolute Gasteiger partial charge is 0.330 e. The molecule has 30 heavy (non-hydrogen) atoms. The molecule has 0 heterocycles. The third kappa shape index (κ3) is 10.5. The van der Waals surface area contributed by atoms with E-state index >= 15 is 0 Å². The summed E-state index contributed by atoms with van der Waals surface area (Å²) in [4.78, 5) is 33.1. The Morgan fingerprint density at radius 2 is 0.833 bits per heavy atom. The van der Waals surface area contributed by atoms with Crippen molar-refractivity contribution in [3.05, 3.63) is 56.2 Å². The number of benzene rings is 1. The zero-order valence-electron chi connectivity index (χ0n) is 16.5. The van der Waals surface area contributed by atoms with Crippen LogP contribution in [0.4, 0.5) is 0 Å². The Morgan fingerprint density at radius 1 is 0.567 bits per heavy atom. The van der Waals surface area contributed by atoms with Crippen LogP contribution in [0, 0.1) is 0 Å². The summed E-state index contributed by atoms with van der Waals surface area (Å²) >= 11 is 0. The molecule has 9 nitrogen and oxygen atoms in total. The molecule has 0 aromatic heterocycles. The molecule has 0 radical (unpaired) electrons. The maximum atomic E-state index is 11.0. The Hall–Kier alpha value is -3.75. The van der Waals surface area contributed by atoms with E-state index in [0.29, 0.717) is 17.2 Å². The lowest BCUT2D eigenvalue weighted by Gasteiger charge is -2.13. The van der Waals surface area contributed by atoms with Crippen LogP contribution in [0.3, 0.4) is 0 Å². The molecule has 0 atom stereocenters. The quantitative estimate of drug-likeness (QED) is 0.182. The molecular formula is C21H24O9. The number of hydrogen-bond donors (Lipinski definition) is 0. The second-order valence-corrected chi connectivity index (χ2v) is 5.30. The summed E-state index contributed by atoms with van der Waals surface area (Å²) in [5.74, 6) is -0.483. The number of esters is 3. The van der Waals surface area contributed by atoms with E-state index in [-0.39, 0.29) is 39.6 Å². The molecule has 9 heteroatoms. The van der Waals surface area contributed by atoms with E-state index in [2.05, 4.69) is 19.7 Å². The van der Waals surface area contributed by atoms with Crippen molar-refractivity contribution in [3.8, 4) is 17.2 Å². The summed E-state index contributed by atoms with van der Waals surface area (Å²) in [5.41, 5.74) is 0. The maximum absolute atomic E-state index is 11.0. The summed E-state index contributed by atoms with van der Waals surface area (Å²) in [6, 6.07) is 4.78. The average Bonchev–Trinajstić information content (AvgIpc) is 2.76. The van der Waals surface area contributed by atoms with Crippen molar-refractivity contribution in [3.63, 3.8) is 0 Å². The highest BCUT2D eigenvalue weighted by Crippen LogP contribution is 2.28. The van der Waals surface area contributed by atoms with Crippen molar-refractivity contribution in [2.75, 3.05) is 39.6 Å². The molecule has 0 aliphatic carbocycles. The molecule has 1 aromatic rings. The van der Waals surface area contributed by atoms with Crippen LogP contribution >= 0.6 is 0 Å². The van der Waals surface area contributed by atoms with Crippen molar-refractivity contribution in [2.24, 2.45) is 0 Å². The first-order chi connectivity index (χ1) is 14.5. The van der Waals surface area contributed by atoms with Gasteiger partial charge in [0.25, 0.3) is 0 Å². The van der Waals surface area contributed by atoms with Gasteiger partial charge in [-0.3, -0.25) is 0 Å². The molecule has 0 fully saturated rings. The second kappa shape index (κ2) is 14.3. The SMILES string of the molecule is C=CC(=O)OCCOc1cc(OCCOC(=O)C=C)cc(OCCOC(=O)C=C)c1. The minimum Gasteiger partial charge on any atom is -0.490 e. The van der Waals surface area contributed by atoms with Crippen molar-refractivity contribution < 1.29 is 42.8 Å². The molecule has 0 saturated carbocycles. The lowest BCUT2D eigenvalue weighted by Crippen LogP contribution is -2.12. The molecule has 0 aliphatic rings. The molecule has 0 aliphatic heterocycles. The summed E-state index contributed by atoms with van der Waals surface area (Å²) in [7, 11) is 0. The summed E-state index contributed by atoms with van der Waals surface area (Å²) < 4.78 is 31.1. The van der Waals surface area contributed by atoms with Gasteiger partial charge >= 0.3 is 17.9 Å². The fraction of sp³-hybridized carbons (Fsp3) is 0.286. The topological polar surface area (TPSA) is 107 Å². The van der Waals surface area contributed by atoms with Gasteiger partial charge in [-0.05, 0) is 0 Å². The van der Waals surface area contributed by atoms with Crippen LogP contribution in [0.25, 0.3) is 0 Å². The lowest BCUT2D eigenvalue weighted by molar-refractivity contribution is -0.139. The van der Waals surface area contributed by atoms with Gasteiger partial charge < -0.3 is 28.4 Å². The van der Waals surface area contributed by atoms with Gasteiger partial charge in [0.2, 0.25) is 0 Å². The largest absolute Gasteiger partial charge is 0.490 e. The highest BCUT2D eigenvalue weighted by Gasteiger charge is 2.07. The van der Waals surface area contributed by atoms with Gasteiger partial charge in [0.1, 0.15) is 56.9 Å². The lowest BCUT2D eigenvalue weighted by atomic mass is 10.3. The Bertz CT molecular complexity index is 643. The van der Waals surface area contributed by atoms with Crippen molar-refractivity contribution in [1.29, 1.82) is 0 Å². The van der Waals surface area contributed by atoms with E-state index in [1.54, 1.807) is 18.2 Å². The Morgan fingerprint density at radius 3 is 1.07 bits per heavy atom. The van der Waals surface area contributed by atoms with Crippen LogP contribution < -0.4 is 14.2 Å². The number of carbonyl (C=O) groups excluding carboxylic acids is 3. The monoisotopic (exact) mass is 420 g/mol. The van der Waals surface area contributed by atoms with Gasteiger partial charge in [0, 0.05) is 36.4 Å². The van der Waals surface area contributed by atoms with Gasteiger partial charge in [0.15, 0.2) is 0 Å². The van der Waals surface area contributed by atoms with Gasteiger partial charge in [-0.1, -0.05) is 19.7 Å². The number of rotatable bonds is 15.